The van der Waals surface area contributed by atoms with Gasteiger partial charge in [-0.15, -0.1) is 0 Å². The van der Waals surface area contributed by atoms with Crippen LogP contribution in [0.4, 0.5) is 0 Å². The Balaban J connectivity index is 2.02. The van der Waals surface area contributed by atoms with Crippen LogP contribution in [0.2, 0.25) is 0 Å². The van der Waals surface area contributed by atoms with Crippen LogP contribution in [0, 0.1) is 5.92 Å². The number of aryl methyl sites for hydroxylation is 1. The summed E-state index contributed by atoms with van der Waals surface area (Å²) < 4.78 is 1.71. The van der Waals surface area contributed by atoms with E-state index in [2.05, 4.69) is 5.10 Å². The number of carbonyl (C=O) groups is 1. The van der Waals surface area contributed by atoms with Crippen molar-refractivity contribution in [2.24, 2.45) is 5.92 Å². The van der Waals surface area contributed by atoms with Gasteiger partial charge in [0.1, 0.15) is 6.10 Å². The summed E-state index contributed by atoms with van der Waals surface area (Å²) >= 11 is 0. The smallest absolute Gasteiger partial charge is 0.194 e. The number of rotatable bonds is 4. The Morgan fingerprint density at radius 2 is 2.24 bits per heavy atom. The highest BCUT2D eigenvalue weighted by Crippen LogP contribution is 2.27. The molecule has 1 N–H and O–H groups in total. The van der Waals surface area contributed by atoms with Crippen molar-refractivity contribution in [3.8, 4) is 0 Å². The molecule has 4 heteroatoms. The second-order valence-electron chi connectivity index (χ2n) is 4.79. The fourth-order valence-electron chi connectivity index (χ4n) is 2.50. The normalized spacial score (nSPS) is 19.2. The quantitative estimate of drug-likeness (QED) is 0.814. The van der Waals surface area contributed by atoms with Crippen LogP contribution < -0.4 is 0 Å². The number of carbonyl (C=O) groups excluding carboxylic acids is 1. The summed E-state index contributed by atoms with van der Waals surface area (Å²) in [6.45, 7) is 2.71. The minimum absolute atomic E-state index is 0.140. The molecule has 0 bridgehead atoms. The van der Waals surface area contributed by atoms with E-state index in [4.69, 9.17) is 0 Å². The Morgan fingerprint density at radius 1 is 1.53 bits per heavy atom. The van der Waals surface area contributed by atoms with E-state index < -0.39 is 6.10 Å². The summed E-state index contributed by atoms with van der Waals surface area (Å²) in [6.07, 6.45) is 7.85. The first-order chi connectivity index (χ1) is 8.22. The van der Waals surface area contributed by atoms with Crippen molar-refractivity contribution in [3.63, 3.8) is 0 Å². The van der Waals surface area contributed by atoms with E-state index in [1.807, 2.05) is 6.92 Å². The van der Waals surface area contributed by atoms with Crippen molar-refractivity contribution in [3.05, 3.63) is 18.0 Å². The van der Waals surface area contributed by atoms with Crippen LogP contribution in [-0.4, -0.2) is 26.8 Å². The van der Waals surface area contributed by atoms with Gasteiger partial charge in [-0.1, -0.05) is 19.3 Å². The van der Waals surface area contributed by atoms with E-state index in [1.54, 1.807) is 17.1 Å². The molecule has 1 aromatic heterocycles. The molecule has 1 unspecified atom stereocenters. The second-order valence-corrected chi connectivity index (χ2v) is 4.79. The zero-order valence-corrected chi connectivity index (χ0v) is 10.3. The molecule has 1 aliphatic carbocycles. The third-order valence-electron chi connectivity index (χ3n) is 3.61. The monoisotopic (exact) mass is 236 g/mol. The first-order valence-electron chi connectivity index (χ1n) is 6.47. The SMILES string of the molecule is CCn1cc(C(=O)C(O)C2CCCCC2)cn1. The number of Topliss-reactive ketones (excluding diaryl/α,β-unsaturated/α-hetero) is 1. The number of hydrogen-bond donors (Lipinski definition) is 1. The third kappa shape index (κ3) is 2.75. The molecule has 1 saturated carbocycles. The predicted molar refractivity (Wildman–Crippen MR) is 64.8 cm³/mol. The lowest BCUT2D eigenvalue weighted by molar-refractivity contribution is 0.0534. The standard InChI is InChI=1S/C13H20N2O2/c1-2-15-9-11(8-14-15)13(17)12(16)10-6-4-3-5-7-10/h8-10,12,16H,2-7H2,1H3. The lowest BCUT2D eigenvalue weighted by Gasteiger charge is -2.25. The summed E-state index contributed by atoms with van der Waals surface area (Å²) in [5, 5.41) is 14.2. The molecule has 0 aromatic carbocycles. The molecule has 0 saturated heterocycles. The van der Waals surface area contributed by atoms with Crippen LogP contribution in [0.5, 0.6) is 0 Å². The van der Waals surface area contributed by atoms with Crippen LogP contribution in [0.1, 0.15) is 49.4 Å². The molecule has 0 amide bonds. The van der Waals surface area contributed by atoms with E-state index >= 15 is 0 Å². The van der Waals surface area contributed by atoms with Gasteiger partial charge in [-0.25, -0.2) is 0 Å². The summed E-state index contributed by atoms with van der Waals surface area (Å²) in [7, 11) is 0. The Kier molecular flexibility index (Phi) is 3.94. The predicted octanol–water partition coefficient (Wildman–Crippen LogP) is 2.03. The number of aliphatic hydroxyl groups is 1. The molecule has 4 nitrogen and oxygen atoms in total. The van der Waals surface area contributed by atoms with Crippen LogP contribution in [0.3, 0.4) is 0 Å². The van der Waals surface area contributed by atoms with E-state index in [0.717, 1.165) is 32.2 Å². The first kappa shape index (κ1) is 12.3. The van der Waals surface area contributed by atoms with Crippen molar-refractivity contribution in [2.45, 2.75) is 51.7 Å². The highest BCUT2D eigenvalue weighted by molar-refractivity contribution is 5.99. The average Bonchev–Trinajstić information content (AvgIpc) is 2.87. The van der Waals surface area contributed by atoms with Gasteiger partial charge >= 0.3 is 0 Å². The van der Waals surface area contributed by atoms with E-state index in [-0.39, 0.29) is 11.7 Å². The minimum atomic E-state index is -0.843. The number of ketones is 1. The molecule has 94 valence electrons. The molecule has 0 radical (unpaired) electrons. The Labute approximate surface area is 102 Å². The largest absolute Gasteiger partial charge is 0.385 e. The zero-order chi connectivity index (χ0) is 12.3. The van der Waals surface area contributed by atoms with Gasteiger partial charge in [-0.3, -0.25) is 9.48 Å². The fourth-order valence-corrected chi connectivity index (χ4v) is 2.50. The van der Waals surface area contributed by atoms with Crippen LogP contribution in [-0.2, 0) is 6.54 Å². The lowest BCUT2D eigenvalue weighted by Crippen LogP contribution is -2.30. The molecular weight excluding hydrogens is 216 g/mol. The molecule has 0 spiro atoms. The Hall–Kier alpha value is -1.16. The van der Waals surface area contributed by atoms with Gasteiger partial charge in [-0.2, -0.15) is 5.10 Å². The highest BCUT2D eigenvalue weighted by Gasteiger charge is 2.28. The molecule has 0 aliphatic heterocycles. The second kappa shape index (κ2) is 5.45. The maximum absolute atomic E-state index is 12.1. The molecular formula is C13H20N2O2. The highest BCUT2D eigenvalue weighted by atomic mass is 16.3. The maximum Gasteiger partial charge on any atom is 0.194 e. The maximum atomic E-state index is 12.1. The van der Waals surface area contributed by atoms with E-state index in [9.17, 15) is 9.90 Å². The molecule has 1 aromatic rings. The van der Waals surface area contributed by atoms with Gasteiger partial charge in [0.05, 0.1) is 11.8 Å². The van der Waals surface area contributed by atoms with Gasteiger partial charge in [0.25, 0.3) is 0 Å². The molecule has 17 heavy (non-hydrogen) atoms. The summed E-state index contributed by atoms with van der Waals surface area (Å²) in [5.41, 5.74) is 0.532. The number of aromatic nitrogens is 2. The van der Waals surface area contributed by atoms with Crippen molar-refractivity contribution in [1.82, 2.24) is 9.78 Å². The number of nitrogens with zero attached hydrogens (tertiary/aromatic N) is 2. The van der Waals surface area contributed by atoms with Gasteiger partial charge in [-0.05, 0) is 25.7 Å². The minimum Gasteiger partial charge on any atom is -0.385 e. The van der Waals surface area contributed by atoms with Crippen LogP contribution in [0.15, 0.2) is 12.4 Å². The van der Waals surface area contributed by atoms with E-state index in [1.165, 1.54) is 6.42 Å². The van der Waals surface area contributed by atoms with Crippen LogP contribution >= 0.6 is 0 Å². The van der Waals surface area contributed by atoms with Gasteiger partial charge in [0.2, 0.25) is 0 Å². The van der Waals surface area contributed by atoms with E-state index in [0.29, 0.717) is 5.56 Å². The Morgan fingerprint density at radius 3 is 2.82 bits per heavy atom. The summed E-state index contributed by atoms with van der Waals surface area (Å²) in [5.74, 6) is -0.0298. The molecule has 1 heterocycles. The number of aliphatic hydroxyl groups excluding tert-OH is 1. The molecule has 1 atom stereocenters. The summed E-state index contributed by atoms with van der Waals surface area (Å²) in [6, 6.07) is 0. The van der Waals surface area contributed by atoms with Gasteiger partial charge in [0, 0.05) is 12.7 Å². The molecule has 2 rings (SSSR count). The van der Waals surface area contributed by atoms with Gasteiger partial charge < -0.3 is 5.11 Å². The zero-order valence-electron chi connectivity index (χ0n) is 10.3. The van der Waals surface area contributed by atoms with Crippen molar-refractivity contribution >= 4 is 5.78 Å². The van der Waals surface area contributed by atoms with Crippen molar-refractivity contribution in [2.75, 3.05) is 0 Å². The molecule has 1 fully saturated rings. The third-order valence-corrected chi connectivity index (χ3v) is 3.61. The average molecular weight is 236 g/mol. The van der Waals surface area contributed by atoms with Crippen molar-refractivity contribution in [1.29, 1.82) is 0 Å². The topological polar surface area (TPSA) is 55.1 Å². The fraction of sp³-hybridized carbons (Fsp3) is 0.692. The lowest BCUT2D eigenvalue weighted by atomic mass is 9.83. The summed E-state index contributed by atoms with van der Waals surface area (Å²) in [4.78, 5) is 12.1. The van der Waals surface area contributed by atoms with Gasteiger partial charge in [0.15, 0.2) is 5.78 Å². The molecule has 1 aliphatic rings. The number of hydrogen-bond acceptors (Lipinski definition) is 3. The first-order valence-corrected chi connectivity index (χ1v) is 6.47. The van der Waals surface area contributed by atoms with Crippen molar-refractivity contribution < 1.29 is 9.90 Å². The Bertz CT molecular complexity index is 381. The van der Waals surface area contributed by atoms with Crippen LogP contribution in [0.25, 0.3) is 0 Å².